The van der Waals surface area contributed by atoms with Gasteiger partial charge in [0.1, 0.15) is 84.6 Å². The van der Waals surface area contributed by atoms with E-state index < -0.39 is 279 Å². The Morgan fingerprint density at radius 3 is 1.04 bits per heavy atom. The Hall–Kier alpha value is -11.4. The van der Waals surface area contributed by atoms with E-state index >= 15 is 0 Å². The number of carboxylic acid groups (broad SMARTS) is 6. The predicted octanol–water partition coefficient (Wildman–Crippen LogP) is -7.02. The zero-order valence-electron chi connectivity index (χ0n) is 70.9. The van der Waals surface area contributed by atoms with Crippen LogP contribution in [-0.2, 0) is 95.9 Å². The summed E-state index contributed by atoms with van der Waals surface area (Å²) in [7, 11) is 0. The summed E-state index contributed by atoms with van der Waals surface area (Å²) in [6, 6.07) is -23.8. The summed E-state index contributed by atoms with van der Waals surface area (Å²) >= 11 is 8.25. The summed E-state index contributed by atoms with van der Waals surface area (Å²) in [4.78, 5) is 281. The Bertz CT molecular complexity index is 3810. The number of aliphatic imine (C=N–C) groups is 2. The van der Waals surface area contributed by atoms with Crippen molar-refractivity contribution in [2.75, 3.05) is 44.2 Å². The Morgan fingerprint density at radius 2 is 0.680 bits per heavy atom. The molecule has 2 fully saturated rings. The highest BCUT2D eigenvalue weighted by Crippen LogP contribution is 2.24. The number of thiol groups is 2. The van der Waals surface area contributed by atoms with Crippen molar-refractivity contribution in [1.82, 2.24) is 73.6 Å². The molecule has 0 saturated carbocycles. The molecule has 125 heavy (non-hydrogen) atoms. The van der Waals surface area contributed by atoms with Crippen LogP contribution < -0.4 is 98.2 Å². The van der Waals surface area contributed by atoms with E-state index in [9.17, 15) is 127 Å². The van der Waals surface area contributed by atoms with Crippen LogP contribution in [0.25, 0.3) is 0 Å². The second-order valence-electron chi connectivity index (χ2n) is 31.4. The van der Waals surface area contributed by atoms with Gasteiger partial charge in [-0.15, -0.1) is 0 Å². The number of likely N-dealkylation sites (tertiary alicyclic amines) is 2. The quantitative estimate of drug-likeness (QED) is 0.0116. The van der Waals surface area contributed by atoms with Crippen LogP contribution in [0.2, 0.25) is 0 Å². The van der Waals surface area contributed by atoms with Crippen molar-refractivity contribution in [1.29, 1.82) is 0 Å². The molecule has 14 amide bonds. The molecule has 2 saturated heterocycles. The average molecular weight is 1820 g/mol. The number of hydrogen-bond donors (Lipinski definition) is 26. The molecule has 2 rings (SSSR count). The number of nitrogens with one attached hydrogen (secondary N) is 12. The molecule has 15 atom stereocenters. The number of guanidine groups is 2. The Labute approximate surface area is 732 Å². The van der Waals surface area contributed by atoms with E-state index in [1.807, 2.05) is 0 Å². The minimum absolute atomic E-state index is 0.0106. The zero-order valence-corrected chi connectivity index (χ0v) is 72.7. The topological polar surface area (TPSA) is 794 Å². The SMILES string of the molecule is CC(C)C[C@H](NC(=O)[C@@H]1CCCN1C(=O)[C@H](CCC(=O)O)NC(=O)[C@H](CCCN=C(N)N)NC(=O)[C@H](CCCCN)NC(=O)[C@@H]1CCCN1C(=O)[C@H](CC(C)C)NC(=O)[C@H](CS)NC(=O)[C@H](CCCN=C(N)N)NC(=O)[C@H](CCC(=O)O)NC(=O)[C@H](CCC(=O)O)NC(=O)[C@H](CCC(=O)O)NC(=O)[C@@H](N)CS)C(=O)N[C@@H](CC(=O)O)C(=O)N[C@H](C(=O)O)C(C)C. The summed E-state index contributed by atoms with van der Waals surface area (Å²) < 4.78 is 0. The number of amides is 14. The molecule has 50 heteroatoms. The summed E-state index contributed by atoms with van der Waals surface area (Å²) in [5, 5.41) is 87.1. The molecule has 0 spiro atoms. The third-order valence-corrected chi connectivity index (χ3v) is 20.5. The van der Waals surface area contributed by atoms with Gasteiger partial charge in [0.15, 0.2) is 11.9 Å². The van der Waals surface area contributed by atoms with E-state index in [4.69, 9.17) is 34.4 Å². The van der Waals surface area contributed by atoms with Crippen molar-refractivity contribution in [3.05, 3.63) is 0 Å². The lowest BCUT2D eigenvalue weighted by Gasteiger charge is -2.32. The maximum atomic E-state index is 14.9. The highest BCUT2D eigenvalue weighted by molar-refractivity contribution is 7.80. The summed E-state index contributed by atoms with van der Waals surface area (Å²) in [5.41, 5.74) is 33.8. The van der Waals surface area contributed by atoms with Gasteiger partial charge in [-0.2, -0.15) is 25.3 Å². The molecule has 0 aliphatic carbocycles. The largest absolute Gasteiger partial charge is 0.481 e. The molecule has 704 valence electrons. The highest BCUT2D eigenvalue weighted by atomic mass is 32.1. The van der Waals surface area contributed by atoms with Crippen LogP contribution in [0.3, 0.4) is 0 Å². The standard InChI is InChI=1S/C75H126N22O26S2/c1-36(2)31-47(66(115)91-48(33-57(106)107)67(116)95-58(38(5)6)73(122)123)92-70(119)52-17-11-29-96(52)71(120)46(21-25-56(104)105)90-61(110)41(14-9-27-82-74(78)79)85-60(109)40(13-7-8-26-76)89-69(118)51-16-12-30-97(51)72(121)49(32-37(3)4)93-68(117)50(35-125)94-62(111)42(15-10-28-83-75(80)81)86-64(113)44(19-23-54(100)101)88-65(114)45(20-24-55(102)103)87-63(112)43(18-22-53(98)99)84-59(108)39(77)34-124/h36-52,58,124-125H,7-35,76-77H2,1-6H3,(H,84,108)(H,85,109)(H,86,113)(H,87,112)(H,88,114)(H,89,118)(H,90,110)(H,91,115)(H,92,119)(H,93,117)(H,94,111)(H,95,116)(H,98,99)(H,100,101)(H,102,103)(H,104,105)(H,106,107)(H,122,123)(H4,78,79,82)(H4,80,81,83)/t39-,40-,41-,42-,43-,44-,45-,46-,47-,48-,49-,50-,51-,52-,58-/m0/s1. The molecule has 0 radical (unpaired) electrons. The third-order valence-electron chi connectivity index (χ3n) is 19.8. The smallest absolute Gasteiger partial charge is 0.326 e. The highest BCUT2D eigenvalue weighted by Gasteiger charge is 2.44. The van der Waals surface area contributed by atoms with Gasteiger partial charge in [-0.25, -0.2) is 4.79 Å². The van der Waals surface area contributed by atoms with Crippen LogP contribution in [0.1, 0.15) is 183 Å². The van der Waals surface area contributed by atoms with Crippen molar-refractivity contribution < 1.29 is 127 Å². The first-order valence-electron chi connectivity index (χ1n) is 41.0. The van der Waals surface area contributed by atoms with Gasteiger partial charge in [0.05, 0.1) is 12.5 Å². The zero-order chi connectivity index (χ0) is 94.7. The second-order valence-corrected chi connectivity index (χ2v) is 32.1. The van der Waals surface area contributed by atoms with Gasteiger partial charge < -0.3 is 139 Å². The fourth-order valence-electron chi connectivity index (χ4n) is 13.3. The molecule has 0 aromatic carbocycles. The summed E-state index contributed by atoms with van der Waals surface area (Å²) in [6.45, 7) is 9.39. The fraction of sp³-hybridized carbons (Fsp3) is 0.707. The minimum Gasteiger partial charge on any atom is -0.481 e. The number of nitrogens with zero attached hydrogens (tertiary/aromatic N) is 4. The number of hydrogen-bond acceptors (Lipinski definition) is 26. The molecular formula is C75H126N22O26S2. The lowest BCUT2D eigenvalue weighted by molar-refractivity contribution is -0.145. The van der Waals surface area contributed by atoms with Crippen molar-refractivity contribution in [3.8, 4) is 0 Å². The van der Waals surface area contributed by atoms with Crippen molar-refractivity contribution >= 4 is 156 Å². The fourth-order valence-corrected chi connectivity index (χ4v) is 13.7. The minimum atomic E-state index is -1.89. The third kappa shape index (κ3) is 40.8. The monoisotopic (exact) mass is 1810 g/mol. The first-order chi connectivity index (χ1) is 58.7. The van der Waals surface area contributed by atoms with Gasteiger partial charge in [0, 0.05) is 63.4 Å². The lowest BCUT2D eigenvalue weighted by atomic mass is 10.0. The van der Waals surface area contributed by atoms with Crippen molar-refractivity contribution in [3.63, 3.8) is 0 Å². The summed E-state index contributed by atoms with van der Waals surface area (Å²) in [6.07, 6.45) is -6.71. The van der Waals surface area contributed by atoms with E-state index in [-0.39, 0.29) is 139 Å². The van der Waals surface area contributed by atoms with Crippen LogP contribution in [-0.4, -0.2) is 306 Å². The van der Waals surface area contributed by atoms with E-state index in [2.05, 4.69) is 99.0 Å². The molecule has 2 aliphatic rings. The molecular weight excluding hydrogens is 1690 g/mol. The second kappa shape index (κ2) is 56.4. The maximum absolute atomic E-state index is 14.9. The molecule has 0 bridgehead atoms. The molecule has 2 heterocycles. The Kier molecular flexibility index (Phi) is 49.5. The first kappa shape index (κ1) is 110. The number of carboxylic acids is 6. The number of unbranched alkanes of at least 4 members (excludes halogenated alkanes) is 1. The Balaban J connectivity index is 2.58. The van der Waals surface area contributed by atoms with Gasteiger partial charge in [0.2, 0.25) is 82.7 Å². The average Bonchev–Trinajstić information content (AvgIpc) is 1.69. The molecule has 30 N–H and O–H groups in total. The van der Waals surface area contributed by atoms with Crippen LogP contribution >= 0.6 is 25.3 Å². The number of rotatable bonds is 60. The number of aliphatic carboxylic acids is 6. The van der Waals surface area contributed by atoms with E-state index in [1.54, 1.807) is 27.7 Å². The van der Waals surface area contributed by atoms with Crippen LogP contribution in [0, 0.1) is 17.8 Å². The maximum Gasteiger partial charge on any atom is 0.326 e. The molecule has 48 nitrogen and oxygen atoms in total. The van der Waals surface area contributed by atoms with E-state index in [0.717, 1.165) is 4.90 Å². The van der Waals surface area contributed by atoms with Crippen LogP contribution in [0.15, 0.2) is 9.98 Å². The van der Waals surface area contributed by atoms with Gasteiger partial charge in [0.25, 0.3) is 0 Å². The lowest BCUT2D eigenvalue weighted by Crippen LogP contribution is -2.61. The van der Waals surface area contributed by atoms with Crippen LogP contribution in [0.5, 0.6) is 0 Å². The molecule has 0 unspecified atom stereocenters. The number of carbonyl (C=O) groups excluding carboxylic acids is 14. The summed E-state index contributed by atoms with van der Waals surface area (Å²) in [5.74, 6) is -26.0. The predicted molar refractivity (Wildman–Crippen MR) is 452 cm³/mol. The van der Waals surface area contributed by atoms with E-state index in [1.165, 1.54) is 18.7 Å². The van der Waals surface area contributed by atoms with Crippen molar-refractivity contribution in [2.45, 2.75) is 273 Å². The Morgan fingerprint density at radius 1 is 0.368 bits per heavy atom. The molecule has 0 aromatic heterocycles. The van der Waals surface area contributed by atoms with Gasteiger partial charge in [-0.3, -0.25) is 101 Å². The normalized spacial score (nSPS) is 16.7. The van der Waals surface area contributed by atoms with Gasteiger partial charge in [-0.1, -0.05) is 41.5 Å². The van der Waals surface area contributed by atoms with Gasteiger partial charge >= 0.3 is 35.8 Å². The van der Waals surface area contributed by atoms with Crippen LogP contribution in [0.4, 0.5) is 0 Å². The molecule has 2 aliphatic heterocycles. The first-order valence-corrected chi connectivity index (χ1v) is 42.3. The van der Waals surface area contributed by atoms with Crippen molar-refractivity contribution in [2.24, 2.45) is 62.1 Å². The van der Waals surface area contributed by atoms with Gasteiger partial charge in [-0.05, 0) is 133 Å². The molecule has 0 aromatic rings. The number of carbonyl (C=O) groups is 20. The number of nitrogens with two attached hydrogens (primary N) is 6. The van der Waals surface area contributed by atoms with E-state index in [0.29, 0.717) is 6.42 Å².